The molecule has 9 heteroatoms. The van der Waals surface area contributed by atoms with Crippen molar-refractivity contribution in [1.82, 2.24) is 9.29 Å². The number of sulfonamides is 1. The number of carbonyl (C=O) groups excluding carboxylic acids is 1. The minimum Gasteiger partial charge on any atom is -0.458 e. The van der Waals surface area contributed by atoms with E-state index >= 15 is 0 Å². The number of ether oxygens (including phenoxy) is 1. The molecule has 0 amide bonds. The zero-order valence-corrected chi connectivity index (χ0v) is 19.5. The molecule has 0 aliphatic carbocycles. The molecule has 1 aliphatic rings. The van der Waals surface area contributed by atoms with Crippen LogP contribution in [0.4, 0.5) is 0 Å². The average molecular weight is 471 g/mol. The van der Waals surface area contributed by atoms with Crippen LogP contribution in [0.3, 0.4) is 0 Å². The second kappa shape index (κ2) is 9.09. The summed E-state index contributed by atoms with van der Waals surface area (Å²) in [5, 5.41) is 10.1. The van der Waals surface area contributed by atoms with Crippen LogP contribution in [0.1, 0.15) is 29.0 Å². The number of rotatable bonds is 6. The van der Waals surface area contributed by atoms with E-state index in [0.29, 0.717) is 17.3 Å². The Morgan fingerprint density at radius 3 is 2.58 bits per heavy atom. The monoisotopic (exact) mass is 470 g/mol. The summed E-state index contributed by atoms with van der Waals surface area (Å²) >= 11 is 0. The smallest absolute Gasteiger partial charge is 0.324 e. The number of hydrogen-bond donors (Lipinski definition) is 1. The molecule has 2 atom stereocenters. The van der Waals surface area contributed by atoms with Crippen molar-refractivity contribution in [1.29, 1.82) is 0 Å². The van der Waals surface area contributed by atoms with Crippen LogP contribution >= 0.6 is 0 Å². The second-order valence-electron chi connectivity index (χ2n) is 8.22. The molecule has 2 aromatic carbocycles. The van der Waals surface area contributed by atoms with Gasteiger partial charge in [0.2, 0.25) is 15.9 Å². The topological polar surface area (TPSA) is 110 Å². The molecule has 1 N–H and O–H groups in total. The molecule has 2 heterocycles. The number of aliphatic hydroxyl groups excluding tert-OH is 1. The zero-order valence-electron chi connectivity index (χ0n) is 18.7. The van der Waals surface area contributed by atoms with Crippen LogP contribution in [-0.2, 0) is 26.2 Å². The number of esters is 1. The average Bonchev–Trinajstić information content (AvgIpc) is 3.37. The summed E-state index contributed by atoms with van der Waals surface area (Å²) in [6.45, 7) is 5.10. The highest BCUT2D eigenvalue weighted by Crippen LogP contribution is 2.29. The van der Waals surface area contributed by atoms with Crippen molar-refractivity contribution in [3.8, 4) is 11.5 Å². The second-order valence-corrected chi connectivity index (χ2v) is 10.1. The Balaban J connectivity index is 1.50. The largest absolute Gasteiger partial charge is 0.458 e. The Hall–Kier alpha value is -3.01. The highest BCUT2D eigenvalue weighted by molar-refractivity contribution is 7.89. The van der Waals surface area contributed by atoms with Crippen LogP contribution in [-0.4, -0.2) is 47.5 Å². The summed E-state index contributed by atoms with van der Waals surface area (Å²) in [5.74, 6) is 0.185. The number of aliphatic hydroxyl groups is 1. The molecule has 8 nitrogen and oxygen atoms in total. The van der Waals surface area contributed by atoms with Crippen molar-refractivity contribution < 1.29 is 27.5 Å². The number of β-amino-alcohol motifs (C(OH)–C–C–N with tert-alkyl or cyclic N) is 1. The molecular weight excluding hydrogens is 444 g/mol. The predicted octanol–water partition coefficient (Wildman–Crippen LogP) is 3.13. The molecule has 4 rings (SSSR count). The van der Waals surface area contributed by atoms with E-state index < -0.39 is 28.1 Å². The lowest BCUT2D eigenvalue weighted by Crippen LogP contribution is -2.41. The molecule has 33 heavy (non-hydrogen) atoms. The van der Waals surface area contributed by atoms with Crippen molar-refractivity contribution in [3.05, 3.63) is 71.1 Å². The van der Waals surface area contributed by atoms with E-state index in [1.54, 1.807) is 19.1 Å². The van der Waals surface area contributed by atoms with Crippen molar-refractivity contribution >= 4 is 16.0 Å². The van der Waals surface area contributed by atoms with E-state index in [1.807, 2.05) is 44.2 Å². The third-order valence-electron chi connectivity index (χ3n) is 5.86. The lowest BCUT2D eigenvalue weighted by Gasteiger charge is -2.22. The van der Waals surface area contributed by atoms with E-state index in [0.717, 1.165) is 21.0 Å². The SMILES string of the molecule is Cc1ccc(S(=O)(=O)N2CC(O)C[C@H]2C(=O)OCc2nc(-c3ccccc3)oc2C)cc1C. The summed E-state index contributed by atoms with van der Waals surface area (Å²) < 4.78 is 38.6. The standard InChI is InChI=1S/C24H26N2O6S/c1-15-9-10-20(11-16(15)2)33(29,30)26-13-19(27)12-22(26)24(28)31-14-21-17(3)32-23(25-21)18-7-5-4-6-8-18/h4-11,19,22,27H,12-14H2,1-3H3/t19?,22-/m0/s1. The highest BCUT2D eigenvalue weighted by atomic mass is 32.2. The van der Waals surface area contributed by atoms with Gasteiger partial charge in [-0.25, -0.2) is 13.4 Å². The molecule has 1 aromatic heterocycles. The molecule has 0 spiro atoms. The van der Waals surface area contributed by atoms with Crippen molar-refractivity contribution in [3.63, 3.8) is 0 Å². The third-order valence-corrected chi connectivity index (χ3v) is 7.73. The van der Waals surface area contributed by atoms with Gasteiger partial charge in [0.05, 0.1) is 11.0 Å². The van der Waals surface area contributed by atoms with Crippen LogP contribution in [0.2, 0.25) is 0 Å². The van der Waals surface area contributed by atoms with Crippen LogP contribution in [0.15, 0.2) is 57.8 Å². The van der Waals surface area contributed by atoms with Crippen molar-refractivity contribution in [2.75, 3.05) is 6.54 Å². The van der Waals surface area contributed by atoms with E-state index in [2.05, 4.69) is 4.98 Å². The first-order valence-electron chi connectivity index (χ1n) is 10.6. The van der Waals surface area contributed by atoms with Gasteiger partial charge in [-0.05, 0) is 56.2 Å². The van der Waals surface area contributed by atoms with E-state index in [1.165, 1.54) is 6.07 Å². The summed E-state index contributed by atoms with van der Waals surface area (Å²) in [5.41, 5.74) is 3.03. The van der Waals surface area contributed by atoms with Gasteiger partial charge in [-0.3, -0.25) is 4.79 Å². The van der Waals surface area contributed by atoms with E-state index in [-0.39, 0.29) is 24.5 Å². The Labute approximate surface area is 192 Å². The quantitative estimate of drug-likeness (QED) is 0.551. The molecule has 3 aromatic rings. The van der Waals surface area contributed by atoms with Gasteiger partial charge in [-0.15, -0.1) is 0 Å². The van der Waals surface area contributed by atoms with Gasteiger partial charge in [-0.1, -0.05) is 24.3 Å². The minimum absolute atomic E-state index is 0.0318. The number of benzene rings is 2. The van der Waals surface area contributed by atoms with Gasteiger partial charge in [-0.2, -0.15) is 4.31 Å². The number of oxazole rings is 1. The molecule has 0 saturated carbocycles. The maximum atomic E-state index is 13.2. The normalized spacial score (nSPS) is 19.0. The van der Waals surface area contributed by atoms with Crippen LogP contribution in [0, 0.1) is 20.8 Å². The molecule has 0 bridgehead atoms. The van der Waals surface area contributed by atoms with Gasteiger partial charge >= 0.3 is 5.97 Å². The maximum absolute atomic E-state index is 13.2. The number of aromatic nitrogens is 1. The number of hydrogen-bond acceptors (Lipinski definition) is 7. The summed E-state index contributed by atoms with van der Waals surface area (Å²) in [6.07, 6.45) is -0.988. The van der Waals surface area contributed by atoms with Gasteiger partial charge in [0, 0.05) is 18.5 Å². The van der Waals surface area contributed by atoms with Crippen molar-refractivity contribution in [2.45, 2.75) is 50.8 Å². The van der Waals surface area contributed by atoms with E-state index in [4.69, 9.17) is 9.15 Å². The Bertz CT molecular complexity index is 1270. The Morgan fingerprint density at radius 1 is 1.15 bits per heavy atom. The number of nitrogens with zero attached hydrogens (tertiary/aromatic N) is 2. The fourth-order valence-electron chi connectivity index (χ4n) is 3.78. The molecule has 1 aliphatic heterocycles. The van der Waals surface area contributed by atoms with Crippen molar-refractivity contribution in [2.24, 2.45) is 0 Å². The fraction of sp³-hybridized carbons (Fsp3) is 0.333. The van der Waals surface area contributed by atoms with Crippen LogP contribution < -0.4 is 0 Å². The van der Waals surface area contributed by atoms with Gasteiger partial charge in [0.1, 0.15) is 24.1 Å². The van der Waals surface area contributed by atoms with Crippen LogP contribution in [0.5, 0.6) is 0 Å². The lowest BCUT2D eigenvalue weighted by atomic mass is 10.1. The first kappa shape index (κ1) is 23.2. The summed E-state index contributed by atoms with van der Waals surface area (Å²) in [7, 11) is -3.99. The van der Waals surface area contributed by atoms with Gasteiger partial charge < -0.3 is 14.3 Å². The molecule has 174 valence electrons. The van der Waals surface area contributed by atoms with Crippen LogP contribution in [0.25, 0.3) is 11.5 Å². The van der Waals surface area contributed by atoms with Gasteiger partial charge in [0.25, 0.3) is 0 Å². The molecule has 0 radical (unpaired) electrons. The maximum Gasteiger partial charge on any atom is 0.324 e. The first-order chi connectivity index (χ1) is 15.7. The van der Waals surface area contributed by atoms with E-state index in [9.17, 15) is 18.3 Å². The Morgan fingerprint density at radius 2 is 1.88 bits per heavy atom. The lowest BCUT2D eigenvalue weighted by molar-refractivity contribution is -0.149. The predicted molar refractivity (Wildman–Crippen MR) is 121 cm³/mol. The molecule has 1 saturated heterocycles. The molecule has 1 unspecified atom stereocenters. The fourth-order valence-corrected chi connectivity index (χ4v) is 5.49. The molecule has 1 fully saturated rings. The molecular formula is C24H26N2O6S. The third kappa shape index (κ3) is 4.71. The number of carbonyl (C=O) groups is 1. The summed E-state index contributed by atoms with van der Waals surface area (Å²) in [4.78, 5) is 17.3. The minimum atomic E-state index is -3.99. The highest BCUT2D eigenvalue weighted by Gasteiger charge is 2.44. The van der Waals surface area contributed by atoms with Gasteiger partial charge in [0.15, 0.2) is 0 Å². The summed E-state index contributed by atoms with van der Waals surface area (Å²) in [6, 6.07) is 13.0. The number of aryl methyl sites for hydroxylation is 3. The first-order valence-corrected chi connectivity index (χ1v) is 12.1. The zero-order chi connectivity index (χ0) is 23.8. The Kier molecular flexibility index (Phi) is 6.38.